The Kier molecular flexibility index (Phi) is 6.06. The molecular weight excluding hydrogens is 506 g/mol. The van der Waals surface area contributed by atoms with Crippen LogP contribution in [0.25, 0.3) is 16.9 Å². The Hall–Kier alpha value is -4.06. The Morgan fingerprint density at radius 3 is 2.46 bits per heavy atom. The van der Waals surface area contributed by atoms with E-state index < -0.39 is 27.2 Å². The first-order valence-corrected chi connectivity index (χ1v) is 13.2. The van der Waals surface area contributed by atoms with E-state index in [2.05, 4.69) is 15.4 Å². The highest BCUT2D eigenvalue weighted by atomic mass is 32.2. The van der Waals surface area contributed by atoms with Crippen LogP contribution in [0.4, 0.5) is 8.78 Å². The number of nitrogens with zero attached hydrogens (tertiary/aromatic N) is 3. The number of aryl methyl sites for hydroxylation is 1. The number of hydrogen-bond donors (Lipinski definition) is 1. The van der Waals surface area contributed by atoms with Gasteiger partial charge in [0.2, 0.25) is 17.5 Å². The Morgan fingerprint density at radius 2 is 1.81 bits per heavy atom. The zero-order valence-electron chi connectivity index (χ0n) is 20.1. The van der Waals surface area contributed by atoms with Gasteiger partial charge in [0.25, 0.3) is 5.91 Å². The number of imidazole rings is 1. The molecule has 37 heavy (non-hydrogen) atoms. The van der Waals surface area contributed by atoms with Gasteiger partial charge in [-0.1, -0.05) is 6.07 Å². The van der Waals surface area contributed by atoms with E-state index in [0.29, 0.717) is 22.4 Å². The van der Waals surface area contributed by atoms with Crippen LogP contribution in [0.5, 0.6) is 17.4 Å². The smallest absolute Gasteiger partial charge is 0.251 e. The van der Waals surface area contributed by atoms with Crippen molar-refractivity contribution in [2.24, 2.45) is 0 Å². The van der Waals surface area contributed by atoms with Crippen LogP contribution < -0.4 is 14.8 Å². The number of fused-ring (bicyclic) bond motifs is 1. The van der Waals surface area contributed by atoms with Gasteiger partial charge in [0.15, 0.2) is 27.0 Å². The fourth-order valence-corrected chi connectivity index (χ4v) is 4.66. The molecule has 1 amide bonds. The molecule has 0 spiro atoms. The van der Waals surface area contributed by atoms with Crippen molar-refractivity contribution < 1.29 is 31.5 Å². The molecule has 4 aromatic rings. The number of benzene rings is 2. The van der Waals surface area contributed by atoms with E-state index >= 15 is 0 Å². The third-order valence-electron chi connectivity index (χ3n) is 5.94. The van der Waals surface area contributed by atoms with Gasteiger partial charge < -0.3 is 14.8 Å². The van der Waals surface area contributed by atoms with Crippen molar-refractivity contribution >= 4 is 21.4 Å². The van der Waals surface area contributed by atoms with Crippen LogP contribution >= 0.6 is 0 Å². The van der Waals surface area contributed by atoms with Crippen LogP contribution in [0.3, 0.4) is 0 Å². The fourth-order valence-electron chi connectivity index (χ4n) is 3.87. The molecule has 12 heteroatoms. The number of sulfone groups is 1. The summed E-state index contributed by atoms with van der Waals surface area (Å²) in [5.41, 5.74) is 2.27. The summed E-state index contributed by atoms with van der Waals surface area (Å²) in [6.45, 7) is 1.79. The second-order valence-electron chi connectivity index (χ2n) is 8.77. The first-order chi connectivity index (χ1) is 17.6. The largest absolute Gasteiger partial charge is 0.494 e. The van der Waals surface area contributed by atoms with Gasteiger partial charge in [-0.25, -0.2) is 17.9 Å². The Morgan fingerprint density at radius 1 is 1.11 bits per heavy atom. The van der Waals surface area contributed by atoms with E-state index in [9.17, 15) is 22.0 Å². The van der Waals surface area contributed by atoms with E-state index in [-0.39, 0.29) is 34.1 Å². The Balaban J connectivity index is 1.59. The predicted octanol–water partition coefficient (Wildman–Crippen LogP) is 4.08. The fraction of sp³-hybridized carbons (Fsp3) is 0.240. The third kappa shape index (κ3) is 4.71. The van der Waals surface area contributed by atoms with Crippen LogP contribution in [0, 0.1) is 18.6 Å². The monoisotopic (exact) mass is 528 g/mol. The first kappa shape index (κ1) is 24.6. The lowest BCUT2D eigenvalue weighted by atomic mass is 10.0. The summed E-state index contributed by atoms with van der Waals surface area (Å²) < 4.78 is 65.3. The maximum absolute atomic E-state index is 14.5. The first-order valence-electron chi connectivity index (χ1n) is 11.3. The summed E-state index contributed by atoms with van der Waals surface area (Å²) in [6.07, 6.45) is 4.37. The Labute approximate surface area is 211 Å². The Bertz CT molecular complexity index is 1670. The molecule has 2 aromatic carbocycles. The van der Waals surface area contributed by atoms with E-state index in [0.717, 1.165) is 31.2 Å². The van der Waals surface area contributed by atoms with Crippen molar-refractivity contribution in [3.63, 3.8) is 0 Å². The van der Waals surface area contributed by atoms with Crippen LogP contribution in [0.15, 0.2) is 47.5 Å². The lowest BCUT2D eigenvalue weighted by Crippen LogP contribution is -2.26. The van der Waals surface area contributed by atoms with E-state index in [1.807, 2.05) is 0 Å². The van der Waals surface area contributed by atoms with Crippen LogP contribution in [0.1, 0.15) is 28.8 Å². The number of carbonyl (C=O) groups is 1. The summed E-state index contributed by atoms with van der Waals surface area (Å²) in [5.74, 6) is -3.85. The van der Waals surface area contributed by atoms with E-state index in [1.165, 1.54) is 23.9 Å². The van der Waals surface area contributed by atoms with Crippen molar-refractivity contribution in [3.8, 4) is 28.6 Å². The third-order valence-corrected chi connectivity index (χ3v) is 7.04. The number of amides is 1. The summed E-state index contributed by atoms with van der Waals surface area (Å²) in [4.78, 5) is 16.5. The van der Waals surface area contributed by atoms with Crippen molar-refractivity contribution in [2.75, 3.05) is 13.4 Å². The molecule has 1 fully saturated rings. The minimum absolute atomic E-state index is 0.0273. The van der Waals surface area contributed by atoms with Crippen molar-refractivity contribution in [1.29, 1.82) is 0 Å². The molecule has 9 nitrogen and oxygen atoms in total. The molecule has 192 valence electrons. The lowest BCUT2D eigenvalue weighted by Gasteiger charge is -2.12. The maximum atomic E-state index is 14.5. The highest BCUT2D eigenvalue weighted by molar-refractivity contribution is 7.91. The number of rotatable bonds is 7. The quantitative estimate of drug-likeness (QED) is 0.385. The molecule has 0 aliphatic heterocycles. The minimum atomic E-state index is -3.82. The molecule has 0 radical (unpaired) electrons. The number of halogens is 2. The number of nitrogens with one attached hydrogen (secondary N) is 1. The maximum Gasteiger partial charge on any atom is 0.251 e. The second kappa shape index (κ2) is 9.11. The summed E-state index contributed by atoms with van der Waals surface area (Å²) in [6, 6.07) is 8.77. The summed E-state index contributed by atoms with van der Waals surface area (Å²) >= 11 is 0. The SMILES string of the molecule is COc1ccc(Oc2cc(S(C)(=O)=O)c3ncc(-c4ccc(C(=O)NC5CC5)c(C)c4)n3n2)c(F)c1F. The highest BCUT2D eigenvalue weighted by Gasteiger charge is 2.25. The van der Waals surface area contributed by atoms with Gasteiger partial charge in [0.1, 0.15) is 4.90 Å². The number of hydrogen-bond acceptors (Lipinski definition) is 7. The molecule has 0 unspecified atom stereocenters. The zero-order chi connectivity index (χ0) is 26.5. The topological polar surface area (TPSA) is 112 Å². The average Bonchev–Trinajstić information content (AvgIpc) is 3.56. The minimum Gasteiger partial charge on any atom is -0.494 e. The molecule has 5 rings (SSSR count). The van der Waals surface area contributed by atoms with Crippen molar-refractivity contribution in [1.82, 2.24) is 19.9 Å². The van der Waals surface area contributed by atoms with Gasteiger partial charge in [0.05, 0.1) is 19.0 Å². The molecule has 2 heterocycles. The molecule has 0 atom stereocenters. The number of carbonyl (C=O) groups excluding carboxylic acids is 1. The van der Waals surface area contributed by atoms with Crippen molar-refractivity contribution in [3.05, 3.63) is 65.4 Å². The zero-order valence-corrected chi connectivity index (χ0v) is 20.9. The molecular formula is C25H22F2N4O5S. The van der Waals surface area contributed by atoms with Gasteiger partial charge in [-0.05, 0) is 49.6 Å². The van der Waals surface area contributed by atoms with Gasteiger partial charge in [-0.15, -0.1) is 5.10 Å². The lowest BCUT2D eigenvalue weighted by molar-refractivity contribution is 0.0950. The van der Waals surface area contributed by atoms with E-state index in [4.69, 9.17) is 9.47 Å². The van der Waals surface area contributed by atoms with Gasteiger partial charge in [-0.3, -0.25) is 4.79 Å². The van der Waals surface area contributed by atoms with Gasteiger partial charge in [0, 0.05) is 29.5 Å². The van der Waals surface area contributed by atoms with Crippen LogP contribution in [0.2, 0.25) is 0 Å². The molecule has 0 saturated heterocycles. The summed E-state index contributed by atoms with van der Waals surface area (Å²) in [5, 5.41) is 7.25. The summed E-state index contributed by atoms with van der Waals surface area (Å²) in [7, 11) is -2.62. The van der Waals surface area contributed by atoms with Gasteiger partial charge >= 0.3 is 0 Å². The van der Waals surface area contributed by atoms with Crippen LogP contribution in [-0.4, -0.2) is 48.3 Å². The average molecular weight is 529 g/mol. The second-order valence-corrected chi connectivity index (χ2v) is 10.8. The molecule has 1 aliphatic carbocycles. The van der Waals surface area contributed by atoms with E-state index in [1.54, 1.807) is 25.1 Å². The van der Waals surface area contributed by atoms with Gasteiger partial charge in [-0.2, -0.15) is 8.78 Å². The molecule has 1 aliphatic rings. The standard InChI is InChI=1S/C25H22F2N4O5S/c1-13-10-14(4-7-16(13)25(32)29-15-5-6-15)17-12-28-24-20(37(3,33)34)11-21(30-31(17)24)36-19-9-8-18(35-2)22(26)23(19)27/h4,7-12,15H,5-6H2,1-3H3,(H,29,32). The van der Waals surface area contributed by atoms with Crippen LogP contribution in [-0.2, 0) is 9.84 Å². The number of methoxy groups -OCH3 is 1. The number of aromatic nitrogens is 3. The number of ether oxygens (including phenoxy) is 2. The molecule has 1 saturated carbocycles. The van der Waals surface area contributed by atoms with Crippen molar-refractivity contribution in [2.45, 2.75) is 30.7 Å². The molecule has 1 N–H and O–H groups in total. The molecule has 0 bridgehead atoms. The normalized spacial score (nSPS) is 13.5. The molecule has 2 aromatic heterocycles. The predicted molar refractivity (Wildman–Crippen MR) is 130 cm³/mol. The highest BCUT2D eigenvalue weighted by Crippen LogP contribution is 2.33.